The SMILES string of the molecule is Cc1cc(C(F)(F)F)nc(SCc2ccc(C(=O)NN=Cc3c(Br)cnn3C)o2)n1. The van der Waals surface area contributed by atoms with E-state index in [1.807, 2.05) is 0 Å². The predicted molar refractivity (Wildman–Crippen MR) is 106 cm³/mol. The molecule has 13 heteroatoms. The number of hydrogen-bond donors (Lipinski definition) is 1. The summed E-state index contributed by atoms with van der Waals surface area (Å²) in [6.45, 7) is 1.46. The van der Waals surface area contributed by atoms with Gasteiger partial charge in [0, 0.05) is 12.7 Å². The molecule has 0 unspecified atom stereocenters. The Hall–Kier alpha value is -2.67. The molecule has 8 nitrogen and oxygen atoms in total. The molecule has 0 radical (unpaired) electrons. The van der Waals surface area contributed by atoms with Crippen LogP contribution in [0.3, 0.4) is 0 Å². The summed E-state index contributed by atoms with van der Waals surface area (Å²) in [5, 5.41) is 7.84. The van der Waals surface area contributed by atoms with Crippen LogP contribution >= 0.6 is 27.7 Å². The maximum Gasteiger partial charge on any atom is 0.433 e. The third-order valence-corrected chi connectivity index (χ3v) is 5.12. The number of nitrogens with one attached hydrogen (secondary N) is 1. The van der Waals surface area contributed by atoms with Gasteiger partial charge >= 0.3 is 12.1 Å². The fourth-order valence-electron chi connectivity index (χ4n) is 2.24. The minimum atomic E-state index is -4.55. The van der Waals surface area contributed by atoms with Gasteiger partial charge in [-0.25, -0.2) is 15.4 Å². The lowest BCUT2D eigenvalue weighted by Gasteiger charge is -2.08. The van der Waals surface area contributed by atoms with Crippen molar-refractivity contribution in [3.63, 3.8) is 0 Å². The summed E-state index contributed by atoms with van der Waals surface area (Å²) in [6.07, 6.45) is -1.54. The van der Waals surface area contributed by atoms with Crippen molar-refractivity contribution in [2.75, 3.05) is 0 Å². The molecule has 158 valence electrons. The second-order valence-electron chi connectivity index (χ2n) is 5.93. The zero-order valence-electron chi connectivity index (χ0n) is 15.6. The molecule has 0 atom stereocenters. The third-order valence-electron chi connectivity index (χ3n) is 3.64. The zero-order valence-corrected chi connectivity index (χ0v) is 18.0. The Morgan fingerprint density at radius 3 is 2.83 bits per heavy atom. The second kappa shape index (κ2) is 9.00. The van der Waals surface area contributed by atoms with Gasteiger partial charge in [0.2, 0.25) is 0 Å². The zero-order chi connectivity index (χ0) is 21.9. The summed E-state index contributed by atoms with van der Waals surface area (Å²) in [5.41, 5.74) is 2.19. The van der Waals surface area contributed by atoms with Crippen LogP contribution < -0.4 is 5.43 Å². The number of furan rings is 1. The molecule has 3 heterocycles. The van der Waals surface area contributed by atoms with Crippen LogP contribution in [0.2, 0.25) is 0 Å². The molecule has 3 rings (SSSR count). The van der Waals surface area contributed by atoms with Gasteiger partial charge in [-0.05, 0) is 41.1 Å². The van der Waals surface area contributed by atoms with Gasteiger partial charge in [0.05, 0.1) is 28.3 Å². The minimum Gasteiger partial charge on any atom is -0.455 e. The van der Waals surface area contributed by atoms with Gasteiger partial charge in [-0.3, -0.25) is 9.48 Å². The number of hydrogen-bond acceptors (Lipinski definition) is 7. The Bertz CT molecular complexity index is 1080. The van der Waals surface area contributed by atoms with Gasteiger partial charge in [-0.15, -0.1) is 0 Å². The smallest absolute Gasteiger partial charge is 0.433 e. The molecule has 0 spiro atoms. The van der Waals surface area contributed by atoms with Crippen molar-refractivity contribution < 1.29 is 22.4 Å². The molecule has 0 fully saturated rings. The van der Waals surface area contributed by atoms with E-state index in [1.54, 1.807) is 24.0 Å². The van der Waals surface area contributed by atoms with Crippen molar-refractivity contribution in [2.24, 2.45) is 12.1 Å². The first-order chi connectivity index (χ1) is 14.1. The topological polar surface area (TPSA) is 98.2 Å². The van der Waals surface area contributed by atoms with Gasteiger partial charge < -0.3 is 4.42 Å². The van der Waals surface area contributed by atoms with Crippen LogP contribution in [0.15, 0.2) is 43.5 Å². The molecule has 0 aliphatic rings. The number of rotatable bonds is 6. The van der Waals surface area contributed by atoms with Crippen molar-refractivity contribution >= 4 is 39.8 Å². The minimum absolute atomic E-state index is 0.00737. The summed E-state index contributed by atoms with van der Waals surface area (Å²) < 4.78 is 46.3. The number of carbonyl (C=O) groups excluding carboxylic acids is 1. The first-order valence-corrected chi connectivity index (χ1v) is 10.1. The highest BCUT2D eigenvalue weighted by Crippen LogP contribution is 2.30. The predicted octanol–water partition coefficient (Wildman–Crippen LogP) is 3.95. The number of thioether (sulfide) groups is 1. The summed E-state index contributed by atoms with van der Waals surface area (Å²) in [7, 11) is 1.72. The summed E-state index contributed by atoms with van der Waals surface area (Å²) in [4.78, 5) is 19.6. The Morgan fingerprint density at radius 2 is 2.17 bits per heavy atom. The third kappa shape index (κ3) is 5.48. The Balaban J connectivity index is 1.60. The Morgan fingerprint density at radius 1 is 1.40 bits per heavy atom. The van der Waals surface area contributed by atoms with Gasteiger partial charge in [0.25, 0.3) is 0 Å². The van der Waals surface area contributed by atoms with Gasteiger partial charge in [-0.1, -0.05) is 11.8 Å². The lowest BCUT2D eigenvalue weighted by atomic mass is 10.3. The number of aryl methyl sites for hydroxylation is 2. The molecular formula is C17H14BrF3N6O2S. The fraction of sp³-hybridized carbons (Fsp3) is 0.235. The van der Waals surface area contributed by atoms with Crippen LogP contribution in [0, 0.1) is 6.92 Å². The summed E-state index contributed by atoms with van der Waals surface area (Å²) in [5.74, 6) is -0.0405. The number of carbonyl (C=O) groups is 1. The molecule has 0 bridgehead atoms. The molecular weight excluding hydrogens is 489 g/mol. The number of nitrogens with zero attached hydrogens (tertiary/aromatic N) is 5. The molecule has 3 aromatic rings. The van der Waals surface area contributed by atoms with Gasteiger partial charge in [0.1, 0.15) is 11.5 Å². The van der Waals surface area contributed by atoms with Crippen LogP contribution in [0.25, 0.3) is 0 Å². The van der Waals surface area contributed by atoms with Crippen molar-refractivity contribution in [1.82, 2.24) is 25.2 Å². The number of halogens is 4. The second-order valence-corrected chi connectivity index (χ2v) is 7.73. The van der Waals surface area contributed by atoms with Crippen LogP contribution in [0.4, 0.5) is 13.2 Å². The first kappa shape index (κ1) is 22.0. The highest BCUT2D eigenvalue weighted by Gasteiger charge is 2.33. The Labute approximate surface area is 181 Å². The first-order valence-electron chi connectivity index (χ1n) is 8.29. The average Bonchev–Trinajstić information content (AvgIpc) is 3.27. The van der Waals surface area contributed by atoms with Crippen LogP contribution in [0.1, 0.15) is 33.4 Å². The van der Waals surface area contributed by atoms with E-state index in [0.29, 0.717) is 15.9 Å². The standard InChI is InChI=1S/C17H14BrF3N6O2S/c1-9-5-14(17(19,20)21)25-16(24-9)30-8-10-3-4-13(29-10)15(28)26-22-7-12-11(18)6-23-27(12)2/h3-7H,8H2,1-2H3,(H,26,28). The van der Waals surface area contributed by atoms with E-state index in [2.05, 4.69) is 41.5 Å². The summed E-state index contributed by atoms with van der Waals surface area (Å²) in [6, 6.07) is 3.87. The number of aromatic nitrogens is 4. The van der Waals surface area contributed by atoms with E-state index in [9.17, 15) is 18.0 Å². The fourth-order valence-corrected chi connectivity index (χ4v) is 3.49. The molecule has 0 saturated carbocycles. The molecule has 1 N–H and O–H groups in total. The van der Waals surface area contributed by atoms with Crippen LogP contribution in [-0.2, 0) is 19.0 Å². The molecule has 0 saturated heterocycles. The molecule has 0 aliphatic heterocycles. The van der Waals surface area contributed by atoms with Crippen molar-refractivity contribution in [3.8, 4) is 0 Å². The monoisotopic (exact) mass is 502 g/mol. The van der Waals surface area contributed by atoms with Crippen molar-refractivity contribution in [1.29, 1.82) is 0 Å². The largest absolute Gasteiger partial charge is 0.455 e. The lowest BCUT2D eigenvalue weighted by Crippen LogP contribution is -2.17. The average molecular weight is 503 g/mol. The normalized spacial score (nSPS) is 11.9. The number of hydrazone groups is 1. The molecule has 30 heavy (non-hydrogen) atoms. The van der Waals surface area contributed by atoms with Crippen LogP contribution in [0.5, 0.6) is 0 Å². The maximum absolute atomic E-state index is 12.9. The van der Waals surface area contributed by atoms with Crippen molar-refractivity contribution in [3.05, 3.63) is 57.5 Å². The molecule has 1 amide bonds. The Kier molecular flexibility index (Phi) is 6.61. The lowest BCUT2D eigenvalue weighted by molar-refractivity contribution is -0.141. The van der Waals surface area contributed by atoms with E-state index in [4.69, 9.17) is 4.42 Å². The van der Waals surface area contributed by atoms with Gasteiger partial charge in [0.15, 0.2) is 10.9 Å². The highest BCUT2D eigenvalue weighted by molar-refractivity contribution is 9.10. The van der Waals surface area contributed by atoms with E-state index >= 15 is 0 Å². The summed E-state index contributed by atoms with van der Waals surface area (Å²) >= 11 is 4.28. The molecule has 3 aromatic heterocycles. The van der Waals surface area contributed by atoms with Crippen molar-refractivity contribution in [2.45, 2.75) is 24.0 Å². The molecule has 0 aromatic carbocycles. The van der Waals surface area contributed by atoms with Crippen LogP contribution in [-0.4, -0.2) is 31.9 Å². The quantitative estimate of drug-likeness (QED) is 0.237. The highest BCUT2D eigenvalue weighted by atomic mass is 79.9. The van der Waals surface area contributed by atoms with E-state index in [-0.39, 0.29) is 22.4 Å². The van der Waals surface area contributed by atoms with E-state index in [1.165, 1.54) is 19.2 Å². The van der Waals surface area contributed by atoms with E-state index in [0.717, 1.165) is 17.8 Å². The number of alkyl halides is 3. The molecule has 0 aliphatic carbocycles. The van der Waals surface area contributed by atoms with Gasteiger partial charge in [-0.2, -0.15) is 23.4 Å². The number of amides is 1. The maximum atomic E-state index is 12.9. The van der Waals surface area contributed by atoms with E-state index < -0.39 is 17.8 Å².